The Kier molecular flexibility index (Phi) is 4.47. The molecule has 3 aromatic rings. The van der Waals surface area contributed by atoms with Gasteiger partial charge in [-0.25, -0.2) is 0 Å². The van der Waals surface area contributed by atoms with Crippen molar-refractivity contribution in [3.05, 3.63) is 70.3 Å². The van der Waals surface area contributed by atoms with Crippen LogP contribution in [0, 0.1) is 6.92 Å². The number of hydrogen-bond acceptors (Lipinski definition) is 3. The maximum absolute atomic E-state index is 12.4. The van der Waals surface area contributed by atoms with Crippen LogP contribution in [0.2, 0.25) is 0 Å². The van der Waals surface area contributed by atoms with Gasteiger partial charge in [0.1, 0.15) is 0 Å². The summed E-state index contributed by atoms with van der Waals surface area (Å²) in [6.45, 7) is 4.17. The highest BCUT2D eigenvalue weighted by Crippen LogP contribution is 2.33. The van der Waals surface area contributed by atoms with Crippen molar-refractivity contribution in [3.63, 3.8) is 0 Å². The number of carbonyl (C=O) groups is 1. The highest BCUT2D eigenvalue weighted by molar-refractivity contribution is 8.05. The van der Waals surface area contributed by atoms with Gasteiger partial charge in [0, 0.05) is 27.8 Å². The van der Waals surface area contributed by atoms with E-state index >= 15 is 0 Å². The summed E-state index contributed by atoms with van der Waals surface area (Å²) in [5, 5.41) is 7.50. The topological polar surface area (TPSA) is 56.9 Å². The fourth-order valence-corrected chi connectivity index (χ4v) is 4.14. The van der Waals surface area contributed by atoms with E-state index in [0.717, 1.165) is 39.2 Å². The van der Waals surface area contributed by atoms with E-state index in [1.807, 2.05) is 25.1 Å². The van der Waals surface area contributed by atoms with Gasteiger partial charge in [-0.2, -0.15) is 0 Å². The Bertz CT molecular complexity index is 988. The Hall–Kier alpha value is -2.66. The number of fused-ring (bicyclic) bond motifs is 1. The predicted octanol–water partition coefficient (Wildman–Crippen LogP) is 4.64. The van der Waals surface area contributed by atoms with Crippen molar-refractivity contribution in [2.45, 2.75) is 25.8 Å². The highest BCUT2D eigenvalue weighted by Gasteiger charge is 2.27. The van der Waals surface area contributed by atoms with Crippen LogP contribution in [-0.2, 0) is 11.2 Å². The van der Waals surface area contributed by atoms with Gasteiger partial charge in [0.05, 0.1) is 4.91 Å². The smallest absolute Gasteiger partial charge is 0.260 e. The van der Waals surface area contributed by atoms with E-state index in [9.17, 15) is 4.79 Å². The number of aromatic amines is 1. The van der Waals surface area contributed by atoms with Crippen LogP contribution in [0.4, 0.5) is 5.69 Å². The van der Waals surface area contributed by atoms with Crippen LogP contribution in [0.25, 0.3) is 17.0 Å². The average molecular weight is 363 g/mol. The lowest BCUT2D eigenvalue weighted by atomic mass is 10.1. The summed E-state index contributed by atoms with van der Waals surface area (Å²) >= 11 is 1.51. The van der Waals surface area contributed by atoms with E-state index in [4.69, 9.17) is 0 Å². The van der Waals surface area contributed by atoms with Crippen LogP contribution in [0.15, 0.2) is 53.4 Å². The molecule has 1 aliphatic rings. The third-order valence-corrected chi connectivity index (χ3v) is 5.64. The van der Waals surface area contributed by atoms with Gasteiger partial charge < -0.3 is 15.6 Å². The van der Waals surface area contributed by atoms with Crippen molar-refractivity contribution >= 4 is 40.3 Å². The Morgan fingerprint density at radius 1 is 1.15 bits per heavy atom. The number of benzene rings is 2. The van der Waals surface area contributed by atoms with Gasteiger partial charge in [0.25, 0.3) is 5.91 Å². The van der Waals surface area contributed by atoms with E-state index < -0.39 is 0 Å². The Balaban J connectivity index is 1.55. The highest BCUT2D eigenvalue weighted by atomic mass is 32.2. The molecule has 0 saturated carbocycles. The molecule has 5 heteroatoms. The van der Waals surface area contributed by atoms with Crippen LogP contribution in [0.5, 0.6) is 0 Å². The van der Waals surface area contributed by atoms with Gasteiger partial charge in [-0.15, -0.1) is 0 Å². The van der Waals surface area contributed by atoms with Crippen LogP contribution in [-0.4, -0.2) is 16.4 Å². The van der Waals surface area contributed by atoms with Crippen molar-refractivity contribution in [3.8, 4) is 0 Å². The van der Waals surface area contributed by atoms with Crippen LogP contribution >= 0.6 is 11.8 Å². The van der Waals surface area contributed by atoms with Gasteiger partial charge in [-0.1, -0.05) is 49.0 Å². The number of rotatable bonds is 4. The SMILES string of the molecule is CCc1ccc(N[C@@H]2NC(=O)/C(=C/c3c(C)[nH]c4ccccc34)S2)cc1. The summed E-state index contributed by atoms with van der Waals surface area (Å²) in [5.74, 6) is -0.0395. The summed E-state index contributed by atoms with van der Waals surface area (Å²) in [7, 11) is 0. The van der Waals surface area contributed by atoms with Crippen LogP contribution in [0.1, 0.15) is 23.7 Å². The minimum absolute atomic E-state index is 0.0395. The van der Waals surface area contributed by atoms with E-state index in [0.29, 0.717) is 0 Å². The van der Waals surface area contributed by atoms with Crippen LogP contribution < -0.4 is 10.6 Å². The largest absolute Gasteiger partial charge is 0.358 e. The molecule has 0 unspecified atom stereocenters. The first-order valence-electron chi connectivity index (χ1n) is 8.76. The number of thioether (sulfide) groups is 1. The molecular formula is C21H21N3OS. The molecule has 1 fully saturated rings. The minimum Gasteiger partial charge on any atom is -0.358 e. The van der Waals surface area contributed by atoms with Gasteiger partial charge in [-0.3, -0.25) is 4.79 Å². The molecule has 0 bridgehead atoms. The van der Waals surface area contributed by atoms with E-state index in [1.165, 1.54) is 17.3 Å². The zero-order valence-corrected chi connectivity index (χ0v) is 15.6. The van der Waals surface area contributed by atoms with Gasteiger partial charge in [0.2, 0.25) is 0 Å². The predicted molar refractivity (Wildman–Crippen MR) is 110 cm³/mol. The number of nitrogens with one attached hydrogen (secondary N) is 3. The number of anilines is 1. The molecule has 2 aromatic carbocycles. The molecule has 1 aliphatic heterocycles. The summed E-state index contributed by atoms with van der Waals surface area (Å²) in [6, 6.07) is 16.5. The lowest BCUT2D eigenvalue weighted by Gasteiger charge is -2.12. The second-order valence-electron chi connectivity index (χ2n) is 6.38. The van der Waals surface area contributed by atoms with E-state index in [1.54, 1.807) is 0 Å². The quantitative estimate of drug-likeness (QED) is 0.592. The number of aryl methyl sites for hydroxylation is 2. The molecular weight excluding hydrogens is 342 g/mol. The second kappa shape index (κ2) is 6.92. The van der Waals surface area contributed by atoms with Crippen LogP contribution in [0.3, 0.4) is 0 Å². The maximum Gasteiger partial charge on any atom is 0.260 e. The minimum atomic E-state index is -0.160. The number of amides is 1. The van der Waals surface area contributed by atoms with Crippen molar-refractivity contribution in [1.29, 1.82) is 0 Å². The lowest BCUT2D eigenvalue weighted by molar-refractivity contribution is -0.116. The van der Waals surface area contributed by atoms with Gasteiger partial charge in [-0.05, 0) is 43.2 Å². The molecule has 4 rings (SSSR count). The molecule has 2 heterocycles. The third kappa shape index (κ3) is 3.22. The summed E-state index contributed by atoms with van der Waals surface area (Å²) in [6.07, 6.45) is 3.00. The van der Waals surface area contributed by atoms with Crippen molar-refractivity contribution in [2.24, 2.45) is 0 Å². The van der Waals surface area contributed by atoms with Gasteiger partial charge in [0.15, 0.2) is 5.50 Å². The molecule has 3 N–H and O–H groups in total. The Labute approximate surface area is 157 Å². The summed E-state index contributed by atoms with van der Waals surface area (Å²) in [4.78, 5) is 16.5. The number of carbonyl (C=O) groups excluding carboxylic acids is 1. The zero-order chi connectivity index (χ0) is 18.1. The number of hydrogen-bond donors (Lipinski definition) is 3. The normalized spacial score (nSPS) is 18.5. The molecule has 0 aliphatic carbocycles. The van der Waals surface area contributed by atoms with E-state index in [-0.39, 0.29) is 11.4 Å². The Morgan fingerprint density at radius 2 is 1.92 bits per heavy atom. The second-order valence-corrected chi connectivity index (χ2v) is 7.53. The Morgan fingerprint density at radius 3 is 2.69 bits per heavy atom. The lowest BCUT2D eigenvalue weighted by Crippen LogP contribution is -2.30. The molecule has 132 valence electrons. The molecule has 1 atom stereocenters. The maximum atomic E-state index is 12.4. The van der Waals surface area contributed by atoms with Crippen molar-refractivity contribution < 1.29 is 4.79 Å². The fraction of sp³-hybridized carbons (Fsp3) is 0.190. The molecule has 26 heavy (non-hydrogen) atoms. The molecule has 0 radical (unpaired) electrons. The first-order chi connectivity index (χ1) is 12.6. The standard InChI is InChI=1S/C21H21N3OS/c1-3-14-8-10-15(11-9-14)23-21-24-20(25)19(26-21)12-17-13(2)22-18-7-5-4-6-16(17)18/h4-12,21-23H,3H2,1-2H3,(H,24,25)/b19-12-/t21-/m1/s1. The molecule has 1 saturated heterocycles. The molecule has 1 aromatic heterocycles. The van der Waals surface area contributed by atoms with Crippen molar-refractivity contribution in [2.75, 3.05) is 5.32 Å². The molecule has 0 spiro atoms. The zero-order valence-electron chi connectivity index (χ0n) is 14.8. The summed E-state index contributed by atoms with van der Waals surface area (Å²) < 4.78 is 0. The first kappa shape index (κ1) is 16.8. The number of para-hydroxylation sites is 1. The fourth-order valence-electron chi connectivity index (χ4n) is 3.17. The molecule has 1 amide bonds. The third-order valence-electron chi connectivity index (χ3n) is 4.61. The number of aromatic nitrogens is 1. The van der Waals surface area contributed by atoms with E-state index in [2.05, 4.69) is 58.9 Å². The first-order valence-corrected chi connectivity index (χ1v) is 9.64. The summed E-state index contributed by atoms with van der Waals surface area (Å²) in [5.41, 5.74) is 5.38. The van der Waals surface area contributed by atoms with Crippen molar-refractivity contribution in [1.82, 2.24) is 10.3 Å². The monoisotopic (exact) mass is 363 g/mol. The average Bonchev–Trinajstić information content (AvgIpc) is 3.15. The number of H-pyrrole nitrogens is 1. The molecule has 4 nitrogen and oxygen atoms in total. The van der Waals surface area contributed by atoms with Gasteiger partial charge >= 0.3 is 0 Å².